The number of nitrogens with zero attached hydrogens (tertiary/aromatic N) is 1. The molecule has 0 rings (SSSR count). The van der Waals surface area contributed by atoms with E-state index in [4.69, 9.17) is 9.47 Å². The van der Waals surface area contributed by atoms with E-state index >= 15 is 0 Å². The Balaban J connectivity index is 4.91. The van der Waals surface area contributed by atoms with Crippen molar-refractivity contribution in [2.45, 2.75) is 91.8 Å². The van der Waals surface area contributed by atoms with E-state index in [9.17, 15) is 14.4 Å². The van der Waals surface area contributed by atoms with Gasteiger partial charge in [0.1, 0.15) is 11.2 Å². The van der Waals surface area contributed by atoms with Crippen molar-refractivity contribution in [3.63, 3.8) is 0 Å². The molecule has 0 aromatic heterocycles. The van der Waals surface area contributed by atoms with Crippen LogP contribution in [0, 0.1) is 0 Å². The first kappa shape index (κ1) is 22.2. The van der Waals surface area contributed by atoms with Crippen LogP contribution in [0.5, 0.6) is 0 Å². The van der Waals surface area contributed by atoms with Crippen LogP contribution in [0.4, 0.5) is 9.59 Å². The summed E-state index contributed by atoms with van der Waals surface area (Å²) >= 11 is 0. The second-order valence-corrected chi connectivity index (χ2v) is 7.63. The van der Waals surface area contributed by atoms with Crippen molar-refractivity contribution in [3.8, 4) is 0 Å². The maximum atomic E-state index is 12.3. The second-order valence-electron chi connectivity index (χ2n) is 7.63. The third-order valence-corrected chi connectivity index (χ3v) is 2.67. The van der Waals surface area contributed by atoms with Gasteiger partial charge in [0.05, 0.1) is 0 Å². The van der Waals surface area contributed by atoms with Gasteiger partial charge in [-0.05, 0) is 48.0 Å². The topological polar surface area (TPSA) is 84.9 Å². The van der Waals surface area contributed by atoms with Crippen molar-refractivity contribution in [1.29, 1.82) is 0 Å². The average molecular weight is 344 g/mol. The highest BCUT2D eigenvalue weighted by molar-refractivity contribution is 5.93. The van der Waals surface area contributed by atoms with Gasteiger partial charge in [0.25, 0.3) is 5.91 Å². The van der Waals surface area contributed by atoms with Crippen LogP contribution >= 0.6 is 0 Å². The Labute approximate surface area is 145 Å². The lowest BCUT2D eigenvalue weighted by Crippen LogP contribution is -2.52. The number of hydrogen-bond acceptors (Lipinski definition) is 5. The number of carbonyl (C=O) groups is 3. The molecule has 0 saturated heterocycles. The van der Waals surface area contributed by atoms with Crippen LogP contribution in [0.15, 0.2) is 0 Å². The first-order chi connectivity index (χ1) is 10.9. The summed E-state index contributed by atoms with van der Waals surface area (Å²) in [6.45, 7) is 12.2. The minimum Gasteiger partial charge on any atom is -0.443 e. The number of hydrogen-bond donors (Lipinski definition) is 1. The summed E-state index contributed by atoms with van der Waals surface area (Å²) in [4.78, 5) is 36.4. The van der Waals surface area contributed by atoms with Crippen LogP contribution < -0.4 is 5.43 Å². The quantitative estimate of drug-likeness (QED) is 0.598. The monoisotopic (exact) mass is 344 g/mol. The first-order valence-corrected chi connectivity index (χ1v) is 8.41. The van der Waals surface area contributed by atoms with Gasteiger partial charge in [-0.3, -0.25) is 4.79 Å². The summed E-state index contributed by atoms with van der Waals surface area (Å²) in [6, 6.07) is 0. The predicted octanol–water partition coefficient (Wildman–Crippen LogP) is 4.16. The van der Waals surface area contributed by atoms with Crippen LogP contribution in [-0.2, 0) is 14.3 Å². The standard InChI is InChI=1S/C17H32N2O5/c1-8-9-10-11-12-13(20)19(15(22)24-17(5,6)7)18-14(21)23-16(2,3)4/h8-12H2,1-7H3,(H,18,21). The molecule has 0 unspecified atom stereocenters. The van der Waals surface area contributed by atoms with Gasteiger partial charge in [-0.15, -0.1) is 5.01 Å². The van der Waals surface area contributed by atoms with E-state index in [1.165, 1.54) is 0 Å². The highest BCUT2D eigenvalue weighted by Gasteiger charge is 2.30. The molecule has 0 fully saturated rings. The van der Waals surface area contributed by atoms with Crippen LogP contribution in [0.3, 0.4) is 0 Å². The Bertz CT molecular complexity index is 435. The number of hydrazine groups is 1. The summed E-state index contributed by atoms with van der Waals surface area (Å²) in [5.74, 6) is -0.522. The predicted molar refractivity (Wildman–Crippen MR) is 91.2 cm³/mol. The maximum Gasteiger partial charge on any atom is 0.436 e. The molecule has 0 spiro atoms. The van der Waals surface area contributed by atoms with E-state index in [1.54, 1.807) is 41.5 Å². The fourth-order valence-corrected chi connectivity index (χ4v) is 1.72. The molecule has 0 aliphatic rings. The molecular weight excluding hydrogens is 312 g/mol. The normalized spacial score (nSPS) is 11.6. The van der Waals surface area contributed by atoms with Gasteiger partial charge in [-0.2, -0.15) is 0 Å². The molecule has 0 aliphatic carbocycles. The van der Waals surface area contributed by atoms with E-state index in [0.717, 1.165) is 19.3 Å². The molecule has 0 saturated carbocycles. The number of imide groups is 1. The minimum atomic E-state index is -0.922. The van der Waals surface area contributed by atoms with Gasteiger partial charge in [-0.1, -0.05) is 26.2 Å². The van der Waals surface area contributed by atoms with Crippen molar-refractivity contribution in [2.75, 3.05) is 0 Å². The van der Waals surface area contributed by atoms with Crippen molar-refractivity contribution >= 4 is 18.1 Å². The highest BCUT2D eigenvalue weighted by Crippen LogP contribution is 2.12. The van der Waals surface area contributed by atoms with Gasteiger partial charge in [0, 0.05) is 6.42 Å². The van der Waals surface area contributed by atoms with Gasteiger partial charge >= 0.3 is 12.2 Å². The molecule has 7 nitrogen and oxygen atoms in total. The Hall–Kier alpha value is -1.79. The molecule has 1 N–H and O–H groups in total. The largest absolute Gasteiger partial charge is 0.443 e. The van der Waals surface area contributed by atoms with E-state index < -0.39 is 29.3 Å². The third kappa shape index (κ3) is 10.9. The van der Waals surface area contributed by atoms with E-state index in [0.29, 0.717) is 11.4 Å². The molecule has 0 bridgehead atoms. The van der Waals surface area contributed by atoms with E-state index in [2.05, 4.69) is 12.3 Å². The number of nitrogens with one attached hydrogen (secondary N) is 1. The molecule has 0 heterocycles. The van der Waals surface area contributed by atoms with Crippen molar-refractivity contribution in [2.24, 2.45) is 0 Å². The first-order valence-electron chi connectivity index (χ1n) is 8.41. The van der Waals surface area contributed by atoms with E-state index in [1.807, 2.05) is 0 Å². The second kappa shape index (κ2) is 9.49. The van der Waals surface area contributed by atoms with E-state index in [-0.39, 0.29) is 6.42 Å². The number of amides is 3. The zero-order valence-corrected chi connectivity index (χ0v) is 16.0. The Morgan fingerprint density at radius 1 is 0.875 bits per heavy atom. The van der Waals surface area contributed by atoms with Crippen LogP contribution in [0.25, 0.3) is 0 Å². The van der Waals surface area contributed by atoms with Gasteiger partial charge in [0.15, 0.2) is 0 Å². The molecule has 7 heteroatoms. The molecule has 0 radical (unpaired) electrons. The minimum absolute atomic E-state index is 0.148. The molecule has 3 amide bonds. The zero-order valence-electron chi connectivity index (χ0n) is 16.0. The number of rotatable bonds is 5. The lowest BCUT2D eigenvalue weighted by atomic mass is 10.1. The van der Waals surface area contributed by atoms with Crippen molar-refractivity contribution in [3.05, 3.63) is 0 Å². The molecule has 0 atom stereocenters. The molecule has 24 heavy (non-hydrogen) atoms. The maximum absolute atomic E-state index is 12.3. The van der Waals surface area contributed by atoms with Crippen molar-refractivity contribution < 1.29 is 23.9 Å². The van der Waals surface area contributed by atoms with Crippen molar-refractivity contribution in [1.82, 2.24) is 10.4 Å². The Kier molecular flexibility index (Phi) is 8.78. The fraction of sp³-hybridized carbons (Fsp3) is 0.824. The molecule has 0 aromatic rings. The summed E-state index contributed by atoms with van der Waals surface area (Å²) in [7, 11) is 0. The lowest BCUT2D eigenvalue weighted by molar-refractivity contribution is -0.133. The Morgan fingerprint density at radius 2 is 1.42 bits per heavy atom. The van der Waals surface area contributed by atoms with Gasteiger partial charge in [-0.25, -0.2) is 15.0 Å². The molecule has 0 aliphatic heterocycles. The molecular formula is C17H32N2O5. The number of unbranched alkanes of at least 4 members (excludes halogenated alkanes) is 3. The number of carbonyl (C=O) groups excluding carboxylic acids is 3. The zero-order chi connectivity index (χ0) is 19.0. The summed E-state index contributed by atoms with van der Waals surface area (Å²) in [6.07, 6.45) is 1.93. The van der Waals surface area contributed by atoms with Crippen LogP contribution in [0.2, 0.25) is 0 Å². The highest BCUT2D eigenvalue weighted by atomic mass is 16.6. The van der Waals surface area contributed by atoms with Gasteiger partial charge in [0.2, 0.25) is 0 Å². The average Bonchev–Trinajstić information content (AvgIpc) is 2.36. The van der Waals surface area contributed by atoms with Crippen LogP contribution in [0.1, 0.15) is 80.6 Å². The summed E-state index contributed by atoms with van der Waals surface area (Å²) in [5.41, 5.74) is 0.658. The summed E-state index contributed by atoms with van der Waals surface area (Å²) < 4.78 is 10.3. The third-order valence-electron chi connectivity index (χ3n) is 2.67. The lowest BCUT2D eigenvalue weighted by Gasteiger charge is -2.27. The molecule has 0 aromatic carbocycles. The number of ether oxygens (including phenoxy) is 2. The van der Waals surface area contributed by atoms with Gasteiger partial charge < -0.3 is 9.47 Å². The fourth-order valence-electron chi connectivity index (χ4n) is 1.72. The smallest absolute Gasteiger partial charge is 0.436 e. The SMILES string of the molecule is CCCCCCC(=O)N(NC(=O)OC(C)(C)C)C(=O)OC(C)(C)C. The molecule has 140 valence electrons. The Morgan fingerprint density at radius 3 is 1.88 bits per heavy atom. The van der Waals surface area contributed by atoms with Crippen LogP contribution in [-0.4, -0.2) is 34.3 Å². The summed E-state index contributed by atoms with van der Waals surface area (Å²) in [5, 5.41) is 0.602.